The zero-order valence-corrected chi connectivity index (χ0v) is 10.7. The van der Waals surface area contributed by atoms with Gasteiger partial charge < -0.3 is 15.8 Å². The number of rotatable bonds is 4. The number of nitrogens with one attached hydrogen (secondary N) is 1. The molecular weight excluding hydrogens is 240 g/mol. The first-order valence-electron chi connectivity index (χ1n) is 5.99. The first-order valence-corrected chi connectivity index (χ1v) is 5.99. The maximum Gasteiger partial charge on any atom is 0.221 e. The Morgan fingerprint density at radius 1 is 1.21 bits per heavy atom. The minimum Gasteiger partial charge on any atom is -0.487 e. The first kappa shape index (κ1) is 13.0. The van der Waals surface area contributed by atoms with Crippen molar-refractivity contribution in [3.63, 3.8) is 0 Å². The fourth-order valence-electron chi connectivity index (χ4n) is 1.69. The zero-order valence-electron chi connectivity index (χ0n) is 10.7. The molecule has 0 fully saturated rings. The van der Waals surface area contributed by atoms with Gasteiger partial charge in [0.25, 0.3) is 0 Å². The second-order valence-electron chi connectivity index (χ2n) is 4.21. The van der Waals surface area contributed by atoms with E-state index in [2.05, 4.69) is 5.32 Å². The SMILES string of the molecule is CC(=O)Nc1ccc(N)cc1OCc1ccccc1. The fraction of sp³-hybridized carbons (Fsp3) is 0.133. The summed E-state index contributed by atoms with van der Waals surface area (Å²) in [4.78, 5) is 11.1. The fourth-order valence-corrected chi connectivity index (χ4v) is 1.69. The van der Waals surface area contributed by atoms with Gasteiger partial charge in [0.15, 0.2) is 0 Å². The largest absolute Gasteiger partial charge is 0.487 e. The molecule has 4 nitrogen and oxygen atoms in total. The third-order valence-corrected chi connectivity index (χ3v) is 2.55. The number of carbonyl (C=O) groups is 1. The van der Waals surface area contributed by atoms with E-state index in [1.807, 2.05) is 30.3 Å². The van der Waals surface area contributed by atoms with Crippen molar-refractivity contribution in [3.8, 4) is 5.75 Å². The van der Waals surface area contributed by atoms with E-state index in [1.54, 1.807) is 18.2 Å². The topological polar surface area (TPSA) is 64.4 Å². The lowest BCUT2D eigenvalue weighted by atomic mass is 10.2. The van der Waals surface area contributed by atoms with Crippen LogP contribution in [0.3, 0.4) is 0 Å². The highest BCUT2D eigenvalue weighted by Crippen LogP contribution is 2.27. The summed E-state index contributed by atoms with van der Waals surface area (Å²) in [6, 6.07) is 15.0. The van der Waals surface area contributed by atoms with E-state index in [-0.39, 0.29) is 5.91 Å². The van der Waals surface area contributed by atoms with Crippen molar-refractivity contribution in [2.24, 2.45) is 0 Å². The summed E-state index contributed by atoms with van der Waals surface area (Å²) in [6.07, 6.45) is 0. The number of anilines is 2. The number of benzene rings is 2. The van der Waals surface area contributed by atoms with Gasteiger partial charge >= 0.3 is 0 Å². The quantitative estimate of drug-likeness (QED) is 0.827. The number of hydrogen-bond donors (Lipinski definition) is 2. The molecule has 1 amide bonds. The van der Waals surface area contributed by atoms with Gasteiger partial charge in [0.05, 0.1) is 5.69 Å². The maximum absolute atomic E-state index is 11.1. The Kier molecular flexibility index (Phi) is 4.03. The minimum atomic E-state index is -0.144. The number of carbonyl (C=O) groups excluding carboxylic acids is 1. The Labute approximate surface area is 112 Å². The van der Waals surface area contributed by atoms with Gasteiger partial charge in [0.2, 0.25) is 5.91 Å². The molecule has 4 heteroatoms. The van der Waals surface area contributed by atoms with Crippen molar-refractivity contribution in [2.45, 2.75) is 13.5 Å². The van der Waals surface area contributed by atoms with Crippen LogP contribution in [-0.2, 0) is 11.4 Å². The lowest BCUT2D eigenvalue weighted by molar-refractivity contribution is -0.114. The number of nitrogen functional groups attached to an aromatic ring is 1. The summed E-state index contributed by atoms with van der Waals surface area (Å²) in [5, 5.41) is 2.72. The molecule has 0 aliphatic heterocycles. The van der Waals surface area contributed by atoms with E-state index in [0.29, 0.717) is 23.7 Å². The number of nitrogens with two attached hydrogens (primary N) is 1. The van der Waals surface area contributed by atoms with E-state index in [1.165, 1.54) is 6.92 Å². The summed E-state index contributed by atoms with van der Waals surface area (Å²) in [5.41, 5.74) is 8.01. The molecule has 3 N–H and O–H groups in total. The van der Waals surface area contributed by atoms with Crippen LogP contribution >= 0.6 is 0 Å². The second kappa shape index (κ2) is 5.91. The Balaban J connectivity index is 2.14. The van der Waals surface area contributed by atoms with Gasteiger partial charge in [-0.25, -0.2) is 0 Å². The molecule has 0 heterocycles. The van der Waals surface area contributed by atoms with Gasteiger partial charge in [-0.15, -0.1) is 0 Å². The number of amides is 1. The predicted molar refractivity (Wildman–Crippen MR) is 75.9 cm³/mol. The third kappa shape index (κ3) is 3.74. The van der Waals surface area contributed by atoms with Gasteiger partial charge in [-0.3, -0.25) is 4.79 Å². The van der Waals surface area contributed by atoms with Gasteiger partial charge in [0.1, 0.15) is 12.4 Å². The molecule has 2 aromatic carbocycles. The van der Waals surface area contributed by atoms with Gasteiger partial charge in [-0.2, -0.15) is 0 Å². The molecule has 0 spiro atoms. The average molecular weight is 256 g/mol. The van der Waals surface area contributed by atoms with E-state index >= 15 is 0 Å². The Bertz CT molecular complexity index is 568. The molecule has 2 rings (SSSR count). The van der Waals surface area contributed by atoms with E-state index in [9.17, 15) is 4.79 Å². The van der Waals surface area contributed by atoms with Crippen LogP contribution in [0.25, 0.3) is 0 Å². The predicted octanol–water partition coefficient (Wildman–Crippen LogP) is 2.81. The third-order valence-electron chi connectivity index (χ3n) is 2.55. The smallest absolute Gasteiger partial charge is 0.221 e. The molecule has 98 valence electrons. The van der Waals surface area contributed by atoms with Crippen molar-refractivity contribution in [3.05, 3.63) is 54.1 Å². The van der Waals surface area contributed by atoms with Crippen LogP contribution in [0, 0.1) is 0 Å². The minimum absolute atomic E-state index is 0.144. The van der Waals surface area contributed by atoms with Crippen LogP contribution in [0.1, 0.15) is 12.5 Å². The molecule has 0 atom stereocenters. The summed E-state index contributed by atoms with van der Waals surface area (Å²) >= 11 is 0. The molecule has 0 aliphatic carbocycles. The molecule has 0 radical (unpaired) electrons. The van der Waals surface area contributed by atoms with Crippen LogP contribution in [0.15, 0.2) is 48.5 Å². The average Bonchev–Trinajstić information content (AvgIpc) is 2.40. The lowest BCUT2D eigenvalue weighted by Gasteiger charge is -2.12. The van der Waals surface area contributed by atoms with Crippen molar-refractivity contribution in [2.75, 3.05) is 11.1 Å². The van der Waals surface area contributed by atoms with Gasteiger partial charge in [0, 0.05) is 18.7 Å². The van der Waals surface area contributed by atoms with Crippen molar-refractivity contribution in [1.82, 2.24) is 0 Å². The molecule has 0 aliphatic rings. The van der Waals surface area contributed by atoms with Gasteiger partial charge in [-0.1, -0.05) is 30.3 Å². The number of hydrogen-bond acceptors (Lipinski definition) is 3. The first-order chi connectivity index (χ1) is 9.15. The summed E-state index contributed by atoms with van der Waals surface area (Å²) in [5.74, 6) is 0.424. The molecule has 19 heavy (non-hydrogen) atoms. The van der Waals surface area contributed by atoms with Crippen LogP contribution in [0.2, 0.25) is 0 Å². The van der Waals surface area contributed by atoms with Crippen molar-refractivity contribution in [1.29, 1.82) is 0 Å². The molecule has 0 unspecified atom stereocenters. The summed E-state index contributed by atoms with van der Waals surface area (Å²) in [6.45, 7) is 1.88. The monoisotopic (exact) mass is 256 g/mol. The van der Waals surface area contributed by atoms with E-state index in [4.69, 9.17) is 10.5 Å². The van der Waals surface area contributed by atoms with Gasteiger partial charge in [-0.05, 0) is 17.7 Å². The number of ether oxygens (including phenoxy) is 1. The molecule has 0 saturated carbocycles. The van der Waals surface area contributed by atoms with E-state index < -0.39 is 0 Å². The summed E-state index contributed by atoms with van der Waals surface area (Å²) < 4.78 is 5.71. The second-order valence-corrected chi connectivity index (χ2v) is 4.21. The molecule has 0 saturated heterocycles. The lowest BCUT2D eigenvalue weighted by Crippen LogP contribution is -2.08. The van der Waals surface area contributed by atoms with Crippen molar-refractivity contribution < 1.29 is 9.53 Å². The zero-order chi connectivity index (χ0) is 13.7. The van der Waals surface area contributed by atoms with Crippen LogP contribution in [-0.4, -0.2) is 5.91 Å². The Morgan fingerprint density at radius 3 is 2.63 bits per heavy atom. The van der Waals surface area contributed by atoms with Crippen molar-refractivity contribution >= 4 is 17.3 Å². The highest BCUT2D eigenvalue weighted by molar-refractivity contribution is 5.90. The molecule has 0 aromatic heterocycles. The van der Waals surface area contributed by atoms with Crippen LogP contribution in [0.4, 0.5) is 11.4 Å². The standard InChI is InChI=1S/C15H16N2O2/c1-11(18)17-14-8-7-13(16)9-15(14)19-10-12-5-3-2-4-6-12/h2-9H,10,16H2,1H3,(H,17,18). The Hall–Kier alpha value is -2.49. The highest BCUT2D eigenvalue weighted by atomic mass is 16.5. The normalized spacial score (nSPS) is 9.95. The maximum atomic E-state index is 11.1. The van der Waals surface area contributed by atoms with Crippen LogP contribution < -0.4 is 15.8 Å². The van der Waals surface area contributed by atoms with E-state index in [0.717, 1.165) is 5.56 Å². The van der Waals surface area contributed by atoms with Crippen LogP contribution in [0.5, 0.6) is 5.75 Å². The molecule has 2 aromatic rings. The molecule has 0 bridgehead atoms. The highest BCUT2D eigenvalue weighted by Gasteiger charge is 2.06. The Morgan fingerprint density at radius 2 is 1.95 bits per heavy atom. The molecular formula is C15H16N2O2. The summed E-state index contributed by atoms with van der Waals surface area (Å²) in [7, 11) is 0.